The van der Waals surface area contributed by atoms with Crippen LogP contribution in [-0.2, 0) is 10.0 Å². The van der Waals surface area contributed by atoms with Gasteiger partial charge in [-0.3, -0.25) is 10.6 Å². The molecule has 0 fully saturated rings. The quantitative estimate of drug-likeness (QED) is 0.578. The summed E-state index contributed by atoms with van der Waals surface area (Å²) in [7, 11) is -3.88. The van der Waals surface area contributed by atoms with Gasteiger partial charge in [0, 0.05) is 4.47 Å². The van der Waals surface area contributed by atoms with Gasteiger partial charge in [-0.15, -0.1) is 0 Å². The lowest BCUT2D eigenvalue weighted by atomic mass is 10.3. The molecule has 20 heavy (non-hydrogen) atoms. The van der Waals surface area contributed by atoms with E-state index in [-0.39, 0.29) is 16.3 Å². The van der Waals surface area contributed by atoms with E-state index in [0.717, 1.165) is 6.07 Å². The summed E-state index contributed by atoms with van der Waals surface area (Å²) < 4.78 is 40.5. The summed E-state index contributed by atoms with van der Waals surface area (Å²) in [5, 5.41) is 0. The summed E-state index contributed by atoms with van der Waals surface area (Å²) in [5.74, 6) is 4.74. The minimum absolute atomic E-state index is 0.0290. The van der Waals surface area contributed by atoms with Crippen LogP contribution in [0.5, 0.6) is 0 Å². The van der Waals surface area contributed by atoms with Gasteiger partial charge in [0.15, 0.2) is 0 Å². The third-order valence-corrected chi connectivity index (χ3v) is 4.62. The molecule has 106 valence electrons. The van der Waals surface area contributed by atoms with Crippen molar-refractivity contribution in [2.45, 2.75) is 4.90 Å². The number of rotatable bonds is 4. The number of sulfonamides is 1. The molecule has 0 spiro atoms. The molecule has 2 aromatic rings. The van der Waals surface area contributed by atoms with E-state index < -0.39 is 15.8 Å². The summed E-state index contributed by atoms with van der Waals surface area (Å²) in [4.78, 5) is -0.0290. The lowest BCUT2D eigenvalue weighted by Crippen LogP contribution is -2.17. The molecule has 0 bridgehead atoms. The molecule has 2 aromatic carbocycles. The number of para-hydroxylation sites is 1. The predicted molar refractivity (Wildman–Crippen MR) is 79.2 cm³/mol. The van der Waals surface area contributed by atoms with Crippen LogP contribution in [0.4, 0.5) is 15.8 Å². The van der Waals surface area contributed by atoms with E-state index in [0.29, 0.717) is 4.47 Å². The average Bonchev–Trinajstić information content (AvgIpc) is 2.42. The van der Waals surface area contributed by atoms with Crippen LogP contribution in [0, 0.1) is 5.82 Å². The Morgan fingerprint density at radius 2 is 1.80 bits per heavy atom. The van der Waals surface area contributed by atoms with Crippen LogP contribution in [0.15, 0.2) is 51.8 Å². The molecule has 0 amide bonds. The first-order valence-corrected chi connectivity index (χ1v) is 7.75. The van der Waals surface area contributed by atoms with Crippen molar-refractivity contribution < 1.29 is 12.8 Å². The zero-order valence-electron chi connectivity index (χ0n) is 10.1. The van der Waals surface area contributed by atoms with Crippen LogP contribution < -0.4 is 16.0 Å². The summed E-state index contributed by atoms with van der Waals surface area (Å²) >= 11 is 3.16. The molecule has 0 aliphatic heterocycles. The Kier molecular flexibility index (Phi) is 4.26. The van der Waals surface area contributed by atoms with Gasteiger partial charge in [0.2, 0.25) is 0 Å². The maximum absolute atomic E-state index is 13.2. The maximum Gasteiger partial charge on any atom is 0.264 e. The monoisotopic (exact) mass is 359 g/mol. The fourth-order valence-electron chi connectivity index (χ4n) is 1.60. The van der Waals surface area contributed by atoms with E-state index >= 15 is 0 Å². The molecule has 0 radical (unpaired) electrons. The van der Waals surface area contributed by atoms with Gasteiger partial charge in [-0.25, -0.2) is 12.8 Å². The standard InChI is InChI=1S/C12H11BrFN3O2S/c13-9-6-5-8(14)7-11(9)17-20(18,19)12-4-2-1-3-10(12)16-15/h1-7,16-17H,15H2. The second kappa shape index (κ2) is 5.78. The highest BCUT2D eigenvalue weighted by atomic mass is 79.9. The van der Waals surface area contributed by atoms with Crippen molar-refractivity contribution in [1.82, 2.24) is 0 Å². The molecule has 0 saturated heterocycles. The molecule has 2 rings (SSSR count). The second-order valence-electron chi connectivity index (χ2n) is 3.87. The molecule has 0 aliphatic rings. The molecule has 0 aromatic heterocycles. The van der Waals surface area contributed by atoms with Gasteiger partial charge in [-0.05, 0) is 46.3 Å². The molecule has 0 unspecified atom stereocenters. The van der Waals surface area contributed by atoms with E-state index in [9.17, 15) is 12.8 Å². The number of nitrogens with two attached hydrogens (primary N) is 1. The zero-order valence-corrected chi connectivity index (χ0v) is 12.5. The molecule has 8 heteroatoms. The molecule has 0 aliphatic carbocycles. The number of hydrogen-bond donors (Lipinski definition) is 3. The summed E-state index contributed by atoms with van der Waals surface area (Å²) in [5.41, 5.74) is 2.66. The highest BCUT2D eigenvalue weighted by molar-refractivity contribution is 9.10. The number of benzene rings is 2. The second-order valence-corrected chi connectivity index (χ2v) is 6.38. The van der Waals surface area contributed by atoms with Gasteiger partial charge < -0.3 is 5.43 Å². The fraction of sp³-hybridized carbons (Fsp3) is 0. The Morgan fingerprint density at radius 1 is 1.10 bits per heavy atom. The van der Waals surface area contributed by atoms with Gasteiger partial charge in [-0.2, -0.15) is 0 Å². The Labute approximate surface area is 124 Å². The maximum atomic E-state index is 13.2. The highest BCUT2D eigenvalue weighted by Gasteiger charge is 2.19. The lowest BCUT2D eigenvalue weighted by molar-refractivity contribution is 0.601. The van der Waals surface area contributed by atoms with Crippen molar-refractivity contribution in [3.63, 3.8) is 0 Å². The lowest BCUT2D eigenvalue weighted by Gasteiger charge is -2.12. The van der Waals surface area contributed by atoms with E-state index in [1.54, 1.807) is 12.1 Å². The van der Waals surface area contributed by atoms with Crippen molar-refractivity contribution in [2.75, 3.05) is 10.1 Å². The number of halogens is 2. The van der Waals surface area contributed by atoms with Gasteiger partial charge in [0.05, 0.1) is 11.4 Å². The van der Waals surface area contributed by atoms with Crippen molar-refractivity contribution in [3.8, 4) is 0 Å². The molecular formula is C12H11BrFN3O2S. The van der Waals surface area contributed by atoms with Crippen LogP contribution in [0.2, 0.25) is 0 Å². The summed E-state index contributed by atoms with van der Waals surface area (Å²) in [6.45, 7) is 0. The molecule has 0 heterocycles. The average molecular weight is 360 g/mol. The SMILES string of the molecule is NNc1ccccc1S(=O)(=O)Nc1cc(F)ccc1Br. The molecule has 0 atom stereocenters. The first kappa shape index (κ1) is 14.8. The first-order chi connectivity index (χ1) is 9.44. The van der Waals surface area contributed by atoms with Gasteiger partial charge in [-0.1, -0.05) is 12.1 Å². The van der Waals surface area contributed by atoms with Crippen molar-refractivity contribution >= 4 is 37.3 Å². The van der Waals surface area contributed by atoms with Crippen LogP contribution in [-0.4, -0.2) is 8.42 Å². The normalized spacial score (nSPS) is 11.2. The van der Waals surface area contributed by atoms with Crippen LogP contribution in [0.1, 0.15) is 0 Å². The molecule has 4 N–H and O–H groups in total. The minimum Gasteiger partial charge on any atom is -0.323 e. The number of hydrogen-bond acceptors (Lipinski definition) is 4. The highest BCUT2D eigenvalue weighted by Crippen LogP contribution is 2.28. The van der Waals surface area contributed by atoms with Crippen LogP contribution in [0.25, 0.3) is 0 Å². The zero-order chi connectivity index (χ0) is 14.8. The molecule has 5 nitrogen and oxygen atoms in total. The van der Waals surface area contributed by atoms with Crippen molar-refractivity contribution in [3.05, 3.63) is 52.8 Å². The first-order valence-electron chi connectivity index (χ1n) is 5.47. The Hall–Kier alpha value is -1.64. The third-order valence-electron chi connectivity index (χ3n) is 2.50. The number of nitrogens with one attached hydrogen (secondary N) is 2. The minimum atomic E-state index is -3.88. The topological polar surface area (TPSA) is 84.2 Å². The van der Waals surface area contributed by atoms with Gasteiger partial charge >= 0.3 is 0 Å². The smallest absolute Gasteiger partial charge is 0.264 e. The van der Waals surface area contributed by atoms with Crippen LogP contribution in [0.3, 0.4) is 0 Å². The van der Waals surface area contributed by atoms with E-state index in [4.69, 9.17) is 5.84 Å². The Morgan fingerprint density at radius 3 is 2.50 bits per heavy atom. The number of hydrazine groups is 1. The third kappa shape index (κ3) is 3.09. The van der Waals surface area contributed by atoms with E-state index in [1.807, 2.05) is 0 Å². The largest absolute Gasteiger partial charge is 0.323 e. The summed E-state index contributed by atoms with van der Waals surface area (Å²) in [6.07, 6.45) is 0. The van der Waals surface area contributed by atoms with Crippen molar-refractivity contribution in [1.29, 1.82) is 0 Å². The number of nitrogen functional groups attached to an aromatic ring is 1. The molecule has 0 saturated carbocycles. The Balaban J connectivity index is 2.43. The van der Waals surface area contributed by atoms with Gasteiger partial charge in [0.1, 0.15) is 10.7 Å². The fourth-order valence-corrected chi connectivity index (χ4v) is 3.32. The van der Waals surface area contributed by atoms with Crippen LogP contribution >= 0.6 is 15.9 Å². The van der Waals surface area contributed by atoms with Gasteiger partial charge in [0.25, 0.3) is 10.0 Å². The summed E-state index contributed by atoms with van der Waals surface area (Å²) in [6, 6.07) is 9.85. The van der Waals surface area contributed by atoms with E-state index in [1.165, 1.54) is 24.3 Å². The Bertz CT molecular complexity index is 737. The van der Waals surface area contributed by atoms with E-state index in [2.05, 4.69) is 26.1 Å². The number of anilines is 2. The van der Waals surface area contributed by atoms with Crippen molar-refractivity contribution in [2.24, 2.45) is 5.84 Å². The molecular weight excluding hydrogens is 349 g/mol. The predicted octanol–water partition coefficient (Wildman–Crippen LogP) is 2.67.